The molecule has 0 aromatic carbocycles. The van der Waals surface area contributed by atoms with Crippen molar-refractivity contribution in [1.29, 1.82) is 0 Å². The minimum atomic E-state index is -4.27. The van der Waals surface area contributed by atoms with Gasteiger partial charge in [0.2, 0.25) is 0 Å². The number of alkyl halides is 3. The van der Waals surface area contributed by atoms with E-state index in [2.05, 4.69) is 9.84 Å². The zero-order chi connectivity index (χ0) is 9.90. The molecule has 0 bridgehead atoms. The molecule has 0 aliphatic heterocycles. The number of hydrogen-bond acceptors (Lipinski definition) is 2. The number of halogens is 3. The highest BCUT2D eigenvalue weighted by Gasteiger charge is 2.27. The molecule has 0 aliphatic carbocycles. The van der Waals surface area contributed by atoms with Crippen LogP contribution in [0, 0.1) is 0 Å². The van der Waals surface area contributed by atoms with E-state index >= 15 is 0 Å². The lowest BCUT2D eigenvalue weighted by molar-refractivity contribution is -0.176. The number of ether oxygens (including phenoxy) is 1. The van der Waals surface area contributed by atoms with E-state index in [1.165, 1.54) is 4.68 Å². The molecule has 1 rings (SSSR count). The highest BCUT2D eigenvalue weighted by Crippen LogP contribution is 2.15. The summed E-state index contributed by atoms with van der Waals surface area (Å²) < 4.78 is 40.7. The molecule has 0 aliphatic rings. The summed E-state index contributed by atoms with van der Waals surface area (Å²) in [7, 11) is 1.69. The number of hydrogen-bond donors (Lipinski definition) is 0. The largest absolute Gasteiger partial charge is 0.411 e. The number of aromatic nitrogens is 2. The van der Waals surface area contributed by atoms with E-state index in [0.29, 0.717) is 5.69 Å². The third-order valence-corrected chi connectivity index (χ3v) is 1.28. The number of nitrogens with zero attached hydrogens (tertiary/aromatic N) is 2. The molecule has 1 aromatic rings. The lowest BCUT2D eigenvalue weighted by atomic mass is 10.5. The predicted molar refractivity (Wildman–Crippen MR) is 38.9 cm³/mol. The summed E-state index contributed by atoms with van der Waals surface area (Å²) in [5.74, 6) is 0. The standard InChI is InChI=1S/C7H9F3N2O/c1-12-3-2-6(11-12)4-13-5-7(8,9)10/h2-3H,4-5H2,1H3. The molecular weight excluding hydrogens is 185 g/mol. The van der Waals surface area contributed by atoms with Gasteiger partial charge in [-0.1, -0.05) is 0 Å². The highest BCUT2D eigenvalue weighted by atomic mass is 19.4. The maximum absolute atomic E-state index is 11.6. The van der Waals surface area contributed by atoms with Crippen molar-refractivity contribution < 1.29 is 17.9 Å². The first-order valence-electron chi connectivity index (χ1n) is 3.60. The van der Waals surface area contributed by atoms with Crippen molar-refractivity contribution in [2.45, 2.75) is 12.8 Å². The van der Waals surface area contributed by atoms with Gasteiger partial charge in [-0.05, 0) is 6.07 Å². The SMILES string of the molecule is Cn1ccc(COCC(F)(F)F)n1. The third-order valence-electron chi connectivity index (χ3n) is 1.28. The van der Waals surface area contributed by atoms with Gasteiger partial charge in [0.25, 0.3) is 0 Å². The second-order valence-corrected chi connectivity index (χ2v) is 2.59. The Morgan fingerprint density at radius 2 is 2.23 bits per heavy atom. The van der Waals surface area contributed by atoms with E-state index in [4.69, 9.17) is 0 Å². The van der Waals surface area contributed by atoms with Crippen molar-refractivity contribution in [3.8, 4) is 0 Å². The summed E-state index contributed by atoms with van der Waals surface area (Å²) in [6.45, 7) is -1.34. The monoisotopic (exact) mass is 194 g/mol. The van der Waals surface area contributed by atoms with Gasteiger partial charge < -0.3 is 4.74 Å². The molecule has 0 saturated heterocycles. The highest BCUT2D eigenvalue weighted by molar-refractivity contribution is 4.96. The predicted octanol–water partition coefficient (Wildman–Crippen LogP) is 1.50. The third kappa shape index (κ3) is 3.93. The van der Waals surface area contributed by atoms with Crippen LogP contribution in [-0.4, -0.2) is 22.6 Å². The second kappa shape index (κ2) is 3.78. The second-order valence-electron chi connectivity index (χ2n) is 2.59. The fourth-order valence-electron chi connectivity index (χ4n) is 0.811. The molecule has 0 atom stereocenters. The zero-order valence-electron chi connectivity index (χ0n) is 7.01. The van der Waals surface area contributed by atoms with E-state index < -0.39 is 12.8 Å². The molecule has 1 aromatic heterocycles. The Morgan fingerprint density at radius 3 is 2.69 bits per heavy atom. The van der Waals surface area contributed by atoms with Crippen molar-refractivity contribution in [1.82, 2.24) is 9.78 Å². The van der Waals surface area contributed by atoms with Crippen LogP contribution in [0.25, 0.3) is 0 Å². The van der Waals surface area contributed by atoms with Gasteiger partial charge in [-0.2, -0.15) is 18.3 Å². The Balaban J connectivity index is 2.28. The molecule has 74 valence electrons. The topological polar surface area (TPSA) is 27.1 Å². The first-order chi connectivity index (χ1) is 5.97. The summed E-state index contributed by atoms with van der Waals surface area (Å²) in [6.07, 6.45) is -2.62. The van der Waals surface area contributed by atoms with E-state index in [1.807, 2.05) is 0 Å². The van der Waals surface area contributed by atoms with Crippen LogP contribution < -0.4 is 0 Å². The first kappa shape index (κ1) is 10.0. The van der Waals surface area contributed by atoms with Crippen molar-refractivity contribution in [3.05, 3.63) is 18.0 Å². The Kier molecular flexibility index (Phi) is 2.92. The summed E-state index contributed by atoms with van der Waals surface area (Å²) >= 11 is 0. The Morgan fingerprint density at radius 1 is 1.54 bits per heavy atom. The maximum atomic E-state index is 11.6. The van der Waals surface area contributed by atoms with Crippen molar-refractivity contribution >= 4 is 0 Å². The molecule has 0 unspecified atom stereocenters. The van der Waals surface area contributed by atoms with Crippen LogP contribution in [0.3, 0.4) is 0 Å². The van der Waals surface area contributed by atoms with E-state index in [9.17, 15) is 13.2 Å². The zero-order valence-corrected chi connectivity index (χ0v) is 7.01. The van der Waals surface area contributed by atoms with Crippen LogP contribution in [-0.2, 0) is 18.4 Å². The minimum Gasteiger partial charge on any atom is -0.366 e. The lowest BCUT2D eigenvalue weighted by Crippen LogP contribution is -2.16. The van der Waals surface area contributed by atoms with Gasteiger partial charge in [-0.25, -0.2) is 0 Å². The normalized spacial score (nSPS) is 12.0. The summed E-state index contributed by atoms with van der Waals surface area (Å²) in [4.78, 5) is 0. The summed E-state index contributed by atoms with van der Waals surface area (Å²) in [5, 5.41) is 3.85. The van der Waals surface area contributed by atoms with E-state index in [1.54, 1.807) is 19.3 Å². The van der Waals surface area contributed by atoms with Gasteiger partial charge in [0, 0.05) is 13.2 Å². The van der Waals surface area contributed by atoms with Crippen LogP contribution in [0.2, 0.25) is 0 Å². The van der Waals surface area contributed by atoms with Crippen molar-refractivity contribution in [2.75, 3.05) is 6.61 Å². The molecule has 0 saturated carbocycles. The van der Waals surface area contributed by atoms with E-state index in [0.717, 1.165) is 0 Å². The Hall–Kier alpha value is -1.04. The molecule has 0 amide bonds. The maximum Gasteiger partial charge on any atom is 0.411 e. The molecule has 13 heavy (non-hydrogen) atoms. The van der Waals surface area contributed by atoms with Gasteiger partial charge in [0.1, 0.15) is 6.61 Å². The van der Waals surface area contributed by atoms with Gasteiger partial charge in [0.15, 0.2) is 0 Å². The molecule has 0 N–H and O–H groups in total. The van der Waals surface area contributed by atoms with Gasteiger partial charge in [-0.3, -0.25) is 4.68 Å². The molecule has 0 spiro atoms. The quantitative estimate of drug-likeness (QED) is 0.729. The Labute approximate surface area is 73.1 Å². The average molecular weight is 194 g/mol. The lowest BCUT2D eigenvalue weighted by Gasteiger charge is -2.05. The van der Waals surface area contributed by atoms with Gasteiger partial charge in [0.05, 0.1) is 12.3 Å². The van der Waals surface area contributed by atoms with Crippen LogP contribution in [0.1, 0.15) is 5.69 Å². The molecule has 6 heteroatoms. The minimum absolute atomic E-state index is 0.111. The number of rotatable bonds is 3. The molecule has 1 heterocycles. The fourth-order valence-corrected chi connectivity index (χ4v) is 0.811. The summed E-state index contributed by atoms with van der Waals surface area (Å²) in [6, 6.07) is 1.61. The number of aryl methyl sites for hydroxylation is 1. The smallest absolute Gasteiger partial charge is 0.366 e. The molecular formula is C7H9F3N2O. The molecule has 0 fully saturated rings. The summed E-state index contributed by atoms with van der Waals surface area (Å²) in [5.41, 5.74) is 0.492. The average Bonchev–Trinajstić information content (AvgIpc) is 2.33. The fraction of sp³-hybridized carbons (Fsp3) is 0.571. The first-order valence-corrected chi connectivity index (χ1v) is 3.60. The Bertz CT molecular complexity index is 269. The van der Waals surface area contributed by atoms with Crippen molar-refractivity contribution in [3.63, 3.8) is 0 Å². The van der Waals surface area contributed by atoms with Crippen molar-refractivity contribution in [2.24, 2.45) is 7.05 Å². The van der Waals surface area contributed by atoms with Crippen LogP contribution in [0.15, 0.2) is 12.3 Å². The van der Waals surface area contributed by atoms with E-state index in [-0.39, 0.29) is 6.61 Å². The van der Waals surface area contributed by atoms with Gasteiger partial charge in [-0.15, -0.1) is 0 Å². The molecule has 0 radical (unpaired) electrons. The van der Waals surface area contributed by atoms with Crippen LogP contribution in [0.4, 0.5) is 13.2 Å². The van der Waals surface area contributed by atoms with Crippen LogP contribution in [0.5, 0.6) is 0 Å². The van der Waals surface area contributed by atoms with Crippen LogP contribution >= 0.6 is 0 Å². The van der Waals surface area contributed by atoms with Gasteiger partial charge >= 0.3 is 6.18 Å². The molecule has 3 nitrogen and oxygen atoms in total.